The van der Waals surface area contributed by atoms with Gasteiger partial charge in [0.05, 0.1) is 22.1 Å². The Balaban J connectivity index is 0.764. The van der Waals surface area contributed by atoms with Crippen molar-refractivity contribution in [2.45, 2.75) is 0 Å². The molecular formula is C72H48N2. The van der Waals surface area contributed by atoms with Crippen LogP contribution in [0.25, 0.3) is 133 Å². The summed E-state index contributed by atoms with van der Waals surface area (Å²) >= 11 is 0. The van der Waals surface area contributed by atoms with Gasteiger partial charge in [-0.25, -0.2) is 0 Å². The normalized spacial score (nSPS) is 11.5. The van der Waals surface area contributed by atoms with E-state index in [2.05, 4.69) is 300 Å². The molecule has 346 valence electrons. The number of hydrogen-bond donors (Lipinski definition) is 0. The molecule has 0 aliphatic heterocycles. The molecule has 0 spiro atoms. The minimum absolute atomic E-state index is 1.14. The summed E-state index contributed by atoms with van der Waals surface area (Å²) in [5.41, 5.74) is 23.9. The Kier molecular flexibility index (Phi) is 10.6. The fourth-order valence-corrected chi connectivity index (χ4v) is 11.2. The third-order valence-corrected chi connectivity index (χ3v) is 14.9. The van der Waals surface area contributed by atoms with E-state index in [0.717, 1.165) is 11.4 Å². The van der Waals surface area contributed by atoms with E-state index in [9.17, 15) is 0 Å². The second kappa shape index (κ2) is 18.1. The van der Waals surface area contributed by atoms with Crippen molar-refractivity contribution in [1.82, 2.24) is 9.13 Å². The number of fused-ring (bicyclic) bond motifs is 6. The fraction of sp³-hybridized carbons (Fsp3) is 0. The van der Waals surface area contributed by atoms with E-state index in [0.29, 0.717) is 0 Å². The molecule has 2 heterocycles. The molecule has 74 heavy (non-hydrogen) atoms. The predicted octanol–water partition coefficient (Wildman–Crippen LogP) is 19.5. The van der Waals surface area contributed by atoms with E-state index in [1.54, 1.807) is 0 Å². The van der Waals surface area contributed by atoms with Crippen LogP contribution in [0.15, 0.2) is 291 Å². The van der Waals surface area contributed by atoms with Crippen LogP contribution in [0.2, 0.25) is 0 Å². The number of nitrogens with zero attached hydrogens (tertiary/aromatic N) is 2. The first-order chi connectivity index (χ1) is 36.7. The molecule has 0 aliphatic carbocycles. The smallest absolute Gasteiger partial charge is 0.0541 e. The Morgan fingerprint density at radius 1 is 0.149 bits per heavy atom. The molecule has 14 aromatic rings. The number of hydrogen-bond acceptors (Lipinski definition) is 0. The number of benzene rings is 12. The molecule has 0 atom stereocenters. The van der Waals surface area contributed by atoms with Crippen LogP contribution in [0.4, 0.5) is 0 Å². The zero-order valence-corrected chi connectivity index (χ0v) is 40.6. The summed E-state index contributed by atoms with van der Waals surface area (Å²) in [5, 5.41) is 4.96. The van der Waals surface area contributed by atoms with Crippen molar-refractivity contribution in [2.24, 2.45) is 0 Å². The topological polar surface area (TPSA) is 9.86 Å². The molecule has 0 saturated carbocycles. The van der Waals surface area contributed by atoms with Gasteiger partial charge in [0.25, 0.3) is 0 Å². The Morgan fingerprint density at radius 2 is 0.432 bits per heavy atom. The summed E-state index contributed by atoms with van der Waals surface area (Å²) in [6.07, 6.45) is 0. The summed E-state index contributed by atoms with van der Waals surface area (Å²) in [4.78, 5) is 0. The van der Waals surface area contributed by atoms with Crippen LogP contribution in [0.3, 0.4) is 0 Å². The standard InChI is InChI=1S/C72H48N2/c1-3-15-49(16-4-1)51-35-39-63(40-36-51)73-69-29-9-7-27-65(69)67-47-61(37-41-71(67)73)62-38-42-72-68(48-62)66-28-8-10-30-70(66)74(72)64-26-14-25-60(46-64)59-24-13-21-56(45-59)53-33-31-52(32-34-53)55-20-12-23-58(44-55)57-22-11-19-54(43-57)50-17-5-2-6-18-50/h1-48H. The molecule has 2 nitrogen and oxygen atoms in total. The van der Waals surface area contributed by atoms with Gasteiger partial charge in [-0.1, -0.05) is 212 Å². The Labute approximate surface area is 431 Å². The Hall–Kier alpha value is -9.76. The van der Waals surface area contributed by atoms with Crippen molar-refractivity contribution in [1.29, 1.82) is 0 Å². The summed E-state index contributed by atoms with van der Waals surface area (Å²) < 4.78 is 4.82. The number of para-hydroxylation sites is 2. The van der Waals surface area contributed by atoms with Gasteiger partial charge in [0.15, 0.2) is 0 Å². The van der Waals surface area contributed by atoms with Crippen molar-refractivity contribution in [2.75, 3.05) is 0 Å². The van der Waals surface area contributed by atoms with E-state index in [-0.39, 0.29) is 0 Å². The van der Waals surface area contributed by atoms with Gasteiger partial charge < -0.3 is 9.13 Å². The number of aromatic nitrogens is 2. The summed E-state index contributed by atoms with van der Waals surface area (Å²) in [7, 11) is 0. The van der Waals surface area contributed by atoms with E-state index in [1.165, 1.54) is 122 Å². The molecule has 2 aromatic heterocycles. The maximum atomic E-state index is 2.43. The lowest BCUT2D eigenvalue weighted by Gasteiger charge is -2.12. The fourth-order valence-electron chi connectivity index (χ4n) is 11.2. The molecule has 0 amide bonds. The Bertz CT molecular complexity index is 4390. The molecular weight excluding hydrogens is 893 g/mol. The van der Waals surface area contributed by atoms with Gasteiger partial charge in [-0.15, -0.1) is 0 Å². The average molecular weight is 941 g/mol. The van der Waals surface area contributed by atoms with Gasteiger partial charge in [0, 0.05) is 32.9 Å². The highest BCUT2D eigenvalue weighted by Gasteiger charge is 2.17. The van der Waals surface area contributed by atoms with Gasteiger partial charge in [0.2, 0.25) is 0 Å². The second-order valence-corrected chi connectivity index (χ2v) is 19.3. The number of rotatable bonds is 9. The summed E-state index contributed by atoms with van der Waals surface area (Å²) in [6, 6.07) is 106. The lowest BCUT2D eigenvalue weighted by Crippen LogP contribution is -1.94. The van der Waals surface area contributed by atoms with Crippen molar-refractivity contribution >= 4 is 43.6 Å². The summed E-state index contributed by atoms with van der Waals surface area (Å²) in [5.74, 6) is 0. The lowest BCUT2D eigenvalue weighted by molar-refractivity contribution is 1.18. The minimum Gasteiger partial charge on any atom is -0.309 e. The first kappa shape index (κ1) is 43.1. The van der Waals surface area contributed by atoms with Crippen LogP contribution in [-0.2, 0) is 0 Å². The molecule has 0 N–H and O–H groups in total. The van der Waals surface area contributed by atoms with Crippen molar-refractivity contribution in [3.8, 4) is 89.3 Å². The molecule has 12 aromatic carbocycles. The first-order valence-electron chi connectivity index (χ1n) is 25.5. The summed E-state index contributed by atoms with van der Waals surface area (Å²) in [6.45, 7) is 0. The minimum atomic E-state index is 1.14. The van der Waals surface area contributed by atoms with Crippen LogP contribution in [-0.4, -0.2) is 9.13 Å². The van der Waals surface area contributed by atoms with E-state index in [4.69, 9.17) is 0 Å². The van der Waals surface area contributed by atoms with Gasteiger partial charge in [-0.2, -0.15) is 0 Å². The van der Waals surface area contributed by atoms with E-state index < -0.39 is 0 Å². The molecule has 14 rings (SSSR count). The highest BCUT2D eigenvalue weighted by molar-refractivity contribution is 6.13. The molecule has 0 radical (unpaired) electrons. The van der Waals surface area contributed by atoms with Gasteiger partial charge in [-0.3, -0.25) is 0 Å². The zero-order valence-electron chi connectivity index (χ0n) is 40.6. The zero-order chi connectivity index (χ0) is 49.0. The van der Waals surface area contributed by atoms with Crippen molar-refractivity contribution in [3.05, 3.63) is 291 Å². The maximum Gasteiger partial charge on any atom is 0.0541 e. The van der Waals surface area contributed by atoms with Gasteiger partial charge in [-0.05, 0) is 157 Å². The highest BCUT2D eigenvalue weighted by Crippen LogP contribution is 2.40. The SMILES string of the molecule is c1ccc(-c2ccc(-n3c4ccccc4c4cc(-c5ccc6c(c5)c5ccccc5n6-c5cccc(-c6cccc(-c7ccc(-c8cccc(-c9cccc(-c%10ccccc%10)c9)c8)cc7)c6)c5)ccc43)cc2)cc1. The van der Waals surface area contributed by atoms with Gasteiger partial charge >= 0.3 is 0 Å². The molecule has 0 aliphatic rings. The lowest BCUT2D eigenvalue weighted by atomic mass is 9.95. The van der Waals surface area contributed by atoms with Crippen LogP contribution in [0.5, 0.6) is 0 Å². The third-order valence-electron chi connectivity index (χ3n) is 14.9. The van der Waals surface area contributed by atoms with Crippen LogP contribution in [0.1, 0.15) is 0 Å². The molecule has 0 bridgehead atoms. The van der Waals surface area contributed by atoms with Crippen molar-refractivity contribution in [3.63, 3.8) is 0 Å². The molecule has 0 unspecified atom stereocenters. The highest BCUT2D eigenvalue weighted by atomic mass is 15.0. The van der Waals surface area contributed by atoms with E-state index in [1.807, 2.05) is 0 Å². The molecule has 0 saturated heterocycles. The maximum absolute atomic E-state index is 2.43. The monoisotopic (exact) mass is 940 g/mol. The van der Waals surface area contributed by atoms with Crippen LogP contribution in [0, 0.1) is 0 Å². The quantitative estimate of drug-likeness (QED) is 0.136. The largest absolute Gasteiger partial charge is 0.309 e. The predicted molar refractivity (Wildman–Crippen MR) is 313 cm³/mol. The third kappa shape index (κ3) is 7.69. The Morgan fingerprint density at radius 3 is 0.905 bits per heavy atom. The molecule has 2 heteroatoms. The van der Waals surface area contributed by atoms with Crippen molar-refractivity contribution < 1.29 is 0 Å². The van der Waals surface area contributed by atoms with Crippen LogP contribution < -0.4 is 0 Å². The second-order valence-electron chi connectivity index (χ2n) is 19.3. The first-order valence-corrected chi connectivity index (χ1v) is 25.5. The average Bonchev–Trinajstić information content (AvgIpc) is 4.00. The van der Waals surface area contributed by atoms with Crippen LogP contribution >= 0.6 is 0 Å². The molecule has 0 fully saturated rings. The van der Waals surface area contributed by atoms with Gasteiger partial charge in [0.1, 0.15) is 0 Å². The van der Waals surface area contributed by atoms with E-state index >= 15 is 0 Å².